The number of benzene rings is 1. The van der Waals surface area contributed by atoms with Gasteiger partial charge in [0.15, 0.2) is 5.82 Å². The molecule has 0 saturated heterocycles. The van der Waals surface area contributed by atoms with E-state index in [0.29, 0.717) is 11.5 Å². The third kappa shape index (κ3) is 4.29. The van der Waals surface area contributed by atoms with Crippen LogP contribution in [0.15, 0.2) is 57.7 Å². The molecule has 0 aliphatic carbocycles. The molecule has 0 spiro atoms. The maximum absolute atomic E-state index is 14.7. The van der Waals surface area contributed by atoms with Gasteiger partial charge in [-0.1, -0.05) is 0 Å². The standard InChI is InChI=1S/C21H21FN4O4/c1-13(29-4)5-6-14(23-2)12-30-15-9-16-17(18(22)10-15)11-26(21(16)28)19-7-8-20(27)25(3)24-19/h5-10H,2,11-12H2,1,3-4H3/b13-5+,14-6-. The minimum Gasteiger partial charge on any atom is -0.501 e. The lowest BCUT2D eigenvalue weighted by atomic mass is 10.1. The van der Waals surface area contributed by atoms with Gasteiger partial charge in [-0.25, -0.2) is 9.07 Å². The summed E-state index contributed by atoms with van der Waals surface area (Å²) in [6.45, 7) is 5.33. The number of aromatic nitrogens is 2. The summed E-state index contributed by atoms with van der Waals surface area (Å²) in [5.41, 5.74) is 0.641. The normalized spacial score (nSPS) is 14.0. The molecule has 1 aromatic heterocycles. The van der Waals surface area contributed by atoms with Crippen molar-refractivity contribution in [2.75, 3.05) is 18.6 Å². The Morgan fingerprint density at radius 1 is 1.33 bits per heavy atom. The third-order valence-corrected chi connectivity index (χ3v) is 4.61. The van der Waals surface area contributed by atoms with Crippen LogP contribution < -0.4 is 15.2 Å². The number of hydrogen-bond donors (Lipinski definition) is 0. The number of hydrogen-bond acceptors (Lipinski definition) is 6. The zero-order valence-electron chi connectivity index (χ0n) is 16.9. The summed E-state index contributed by atoms with van der Waals surface area (Å²) in [4.78, 5) is 29.5. The van der Waals surface area contributed by atoms with Gasteiger partial charge >= 0.3 is 0 Å². The van der Waals surface area contributed by atoms with Crippen molar-refractivity contribution in [1.29, 1.82) is 0 Å². The van der Waals surface area contributed by atoms with E-state index in [2.05, 4.69) is 16.8 Å². The lowest BCUT2D eigenvalue weighted by Gasteiger charge is -2.14. The highest BCUT2D eigenvalue weighted by Crippen LogP contribution is 2.32. The fourth-order valence-electron chi connectivity index (χ4n) is 2.83. The number of amides is 1. The van der Waals surface area contributed by atoms with E-state index in [1.807, 2.05) is 0 Å². The maximum Gasteiger partial charge on any atom is 0.266 e. The number of rotatable bonds is 7. The summed E-state index contributed by atoms with van der Waals surface area (Å²) in [6, 6.07) is 5.45. The predicted octanol–water partition coefficient (Wildman–Crippen LogP) is 2.59. The number of halogens is 1. The number of allylic oxidation sites excluding steroid dienone is 3. The van der Waals surface area contributed by atoms with Gasteiger partial charge in [-0.2, -0.15) is 5.10 Å². The van der Waals surface area contributed by atoms with Crippen LogP contribution in [0.2, 0.25) is 0 Å². The first-order valence-electron chi connectivity index (χ1n) is 9.03. The van der Waals surface area contributed by atoms with Gasteiger partial charge in [0.25, 0.3) is 11.5 Å². The number of carbonyl (C=O) groups is 1. The van der Waals surface area contributed by atoms with E-state index < -0.39 is 11.7 Å². The molecule has 8 nitrogen and oxygen atoms in total. The number of aryl methyl sites for hydroxylation is 1. The average Bonchev–Trinajstić information content (AvgIpc) is 3.07. The molecule has 2 heterocycles. The van der Waals surface area contributed by atoms with E-state index in [4.69, 9.17) is 9.47 Å². The fraction of sp³-hybridized carbons (Fsp3) is 0.238. The second kappa shape index (κ2) is 8.73. The molecular weight excluding hydrogens is 391 g/mol. The summed E-state index contributed by atoms with van der Waals surface area (Å²) in [5, 5.41) is 4.07. The lowest BCUT2D eigenvalue weighted by Crippen LogP contribution is -2.28. The van der Waals surface area contributed by atoms with Crippen LogP contribution in [-0.4, -0.2) is 36.1 Å². The summed E-state index contributed by atoms with van der Waals surface area (Å²) in [6.07, 6.45) is 3.38. The molecule has 1 amide bonds. The van der Waals surface area contributed by atoms with E-state index in [0.717, 1.165) is 4.68 Å². The van der Waals surface area contributed by atoms with Crippen molar-refractivity contribution < 1.29 is 18.7 Å². The molecule has 0 N–H and O–H groups in total. The van der Waals surface area contributed by atoms with Gasteiger partial charge < -0.3 is 9.47 Å². The number of methoxy groups -OCH3 is 1. The highest BCUT2D eigenvalue weighted by Gasteiger charge is 2.32. The van der Waals surface area contributed by atoms with E-state index in [1.54, 1.807) is 26.2 Å². The third-order valence-electron chi connectivity index (χ3n) is 4.61. The number of nitrogens with zero attached hydrogens (tertiary/aromatic N) is 4. The van der Waals surface area contributed by atoms with Crippen LogP contribution in [0, 0.1) is 5.82 Å². The quantitative estimate of drug-likeness (QED) is 0.396. The van der Waals surface area contributed by atoms with E-state index in [-0.39, 0.29) is 41.4 Å². The van der Waals surface area contributed by atoms with Gasteiger partial charge in [-0.05, 0) is 37.9 Å². The summed E-state index contributed by atoms with van der Waals surface area (Å²) >= 11 is 0. The Morgan fingerprint density at radius 2 is 2.10 bits per heavy atom. The second-order valence-electron chi connectivity index (χ2n) is 6.56. The molecule has 0 radical (unpaired) electrons. The summed E-state index contributed by atoms with van der Waals surface area (Å²) < 4.78 is 26.4. The zero-order chi connectivity index (χ0) is 21.8. The van der Waals surface area contributed by atoms with E-state index in [1.165, 1.54) is 36.2 Å². The Balaban J connectivity index is 1.82. The SMILES string of the molecule is C=N/C(=C\C=C(/C)OC)COc1cc(F)c2c(c1)C(=O)N(c1ccc(=O)n(C)n1)C2. The smallest absolute Gasteiger partial charge is 0.266 e. The molecule has 1 aliphatic heterocycles. The number of fused-ring (bicyclic) bond motifs is 1. The van der Waals surface area contributed by atoms with Gasteiger partial charge in [0.05, 0.1) is 30.7 Å². The van der Waals surface area contributed by atoms with Gasteiger partial charge in [0, 0.05) is 24.7 Å². The maximum atomic E-state index is 14.7. The van der Waals surface area contributed by atoms with Gasteiger partial charge in [0.2, 0.25) is 0 Å². The van der Waals surface area contributed by atoms with Gasteiger partial charge in [-0.3, -0.25) is 19.5 Å². The molecule has 156 valence electrons. The largest absolute Gasteiger partial charge is 0.501 e. The first-order chi connectivity index (χ1) is 14.3. The molecule has 0 saturated carbocycles. The van der Waals surface area contributed by atoms with Crippen molar-refractivity contribution in [3.8, 4) is 5.75 Å². The Hall–Kier alpha value is -3.75. The van der Waals surface area contributed by atoms with Gasteiger partial charge in [-0.15, -0.1) is 0 Å². The molecule has 30 heavy (non-hydrogen) atoms. The van der Waals surface area contributed by atoms with Crippen LogP contribution in [0.4, 0.5) is 10.2 Å². The topological polar surface area (TPSA) is 86.0 Å². The molecule has 1 aliphatic rings. The molecule has 0 unspecified atom stereocenters. The van der Waals surface area contributed by atoms with Crippen molar-refractivity contribution in [3.05, 3.63) is 75.2 Å². The van der Waals surface area contributed by atoms with E-state index in [9.17, 15) is 14.0 Å². The highest BCUT2D eigenvalue weighted by atomic mass is 19.1. The summed E-state index contributed by atoms with van der Waals surface area (Å²) in [7, 11) is 3.03. The number of carbonyl (C=O) groups excluding carboxylic acids is 1. The average molecular weight is 412 g/mol. The van der Waals surface area contributed by atoms with Crippen molar-refractivity contribution in [3.63, 3.8) is 0 Å². The Labute approximate surface area is 172 Å². The molecule has 9 heteroatoms. The molecule has 1 aromatic carbocycles. The number of ether oxygens (including phenoxy) is 2. The lowest BCUT2D eigenvalue weighted by molar-refractivity contribution is 0.0995. The Morgan fingerprint density at radius 3 is 2.77 bits per heavy atom. The number of anilines is 1. The van der Waals surface area contributed by atoms with Crippen molar-refractivity contribution >= 4 is 18.4 Å². The van der Waals surface area contributed by atoms with Crippen LogP contribution in [0.25, 0.3) is 0 Å². The van der Waals surface area contributed by atoms with Crippen molar-refractivity contribution in [2.24, 2.45) is 12.0 Å². The molecule has 3 rings (SSSR count). The minimum atomic E-state index is -0.560. The first-order valence-corrected chi connectivity index (χ1v) is 9.03. The zero-order valence-corrected chi connectivity index (χ0v) is 16.9. The van der Waals surface area contributed by atoms with Crippen LogP contribution in [0.3, 0.4) is 0 Å². The predicted molar refractivity (Wildman–Crippen MR) is 110 cm³/mol. The molecule has 0 bridgehead atoms. The first kappa shape index (κ1) is 21.0. The molecule has 2 aromatic rings. The van der Waals surface area contributed by atoms with Crippen molar-refractivity contribution in [2.45, 2.75) is 13.5 Å². The van der Waals surface area contributed by atoms with Crippen LogP contribution in [0.1, 0.15) is 22.8 Å². The monoisotopic (exact) mass is 412 g/mol. The molecule has 0 fully saturated rings. The minimum absolute atomic E-state index is 0.0198. The highest BCUT2D eigenvalue weighted by molar-refractivity contribution is 6.09. The second-order valence-corrected chi connectivity index (χ2v) is 6.56. The summed E-state index contributed by atoms with van der Waals surface area (Å²) in [5.74, 6) is 0.156. The molecular formula is C21H21FN4O4. The van der Waals surface area contributed by atoms with Gasteiger partial charge in [0.1, 0.15) is 18.2 Å². The fourth-order valence-corrected chi connectivity index (χ4v) is 2.83. The van der Waals surface area contributed by atoms with Crippen LogP contribution in [0.5, 0.6) is 5.75 Å². The van der Waals surface area contributed by atoms with E-state index >= 15 is 0 Å². The van der Waals surface area contributed by atoms with Crippen LogP contribution >= 0.6 is 0 Å². The molecule has 0 atom stereocenters. The van der Waals surface area contributed by atoms with Crippen molar-refractivity contribution in [1.82, 2.24) is 9.78 Å². The number of aliphatic imine (C=N–C) groups is 1. The Bertz CT molecular complexity index is 1120. The van der Waals surface area contributed by atoms with Crippen LogP contribution in [-0.2, 0) is 18.3 Å². The Kier molecular flexibility index (Phi) is 6.10.